The van der Waals surface area contributed by atoms with Gasteiger partial charge < -0.3 is 4.74 Å². The molecule has 0 aliphatic carbocycles. The lowest BCUT2D eigenvalue weighted by molar-refractivity contribution is 0.301. The quantitative estimate of drug-likeness (QED) is 0.622. The van der Waals surface area contributed by atoms with Gasteiger partial charge in [0, 0.05) is 17.3 Å². The van der Waals surface area contributed by atoms with Crippen LogP contribution in [-0.2, 0) is 16.6 Å². The summed E-state index contributed by atoms with van der Waals surface area (Å²) >= 11 is 5.82. The summed E-state index contributed by atoms with van der Waals surface area (Å²) in [4.78, 5) is 4.18. The average Bonchev–Trinajstić information content (AvgIpc) is 2.67. The number of hydrogen-bond donors (Lipinski definition) is 1. The Morgan fingerprint density at radius 3 is 2.59 bits per heavy atom. The second kappa shape index (κ2) is 8.70. The van der Waals surface area contributed by atoms with Gasteiger partial charge in [-0.2, -0.15) is 0 Å². The van der Waals surface area contributed by atoms with Crippen LogP contribution in [0, 0.1) is 0 Å². The second-order valence-electron chi connectivity index (χ2n) is 5.64. The molecule has 27 heavy (non-hydrogen) atoms. The highest BCUT2D eigenvalue weighted by Gasteiger charge is 2.07. The first-order valence-electron chi connectivity index (χ1n) is 8.09. The van der Waals surface area contributed by atoms with E-state index in [1.807, 2.05) is 18.2 Å². The fourth-order valence-electron chi connectivity index (χ4n) is 2.23. The van der Waals surface area contributed by atoms with Crippen molar-refractivity contribution < 1.29 is 13.2 Å². The molecule has 3 rings (SSSR count). The lowest BCUT2D eigenvalue weighted by atomic mass is 10.2. The van der Waals surface area contributed by atoms with Crippen molar-refractivity contribution in [3.63, 3.8) is 0 Å². The second-order valence-corrected chi connectivity index (χ2v) is 7.64. The van der Waals surface area contributed by atoms with Gasteiger partial charge in [0.15, 0.2) is 0 Å². The first kappa shape index (κ1) is 18.9. The summed E-state index contributed by atoms with van der Waals surface area (Å²) in [7, 11) is -3.66. The van der Waals surface area contributed by atoms with Gasteiger partial charge in [0.2, 0.25) is 0 Å². The lowest BCUT2D eigenvalue weighted by Crippen LogP contribution is -2.09. The molecule has 0 aliphatic rings. The van der Waals surface area contributed by atoms with Crippen molar-refractivity contribution in [1.29, 1.82) is 0 Å². The van der Waals surface area contributed by atoms with Gasteiger partial charge in [0.05, 0.1) is 16.8 Å². The highest BCUT2D eigenvalue weighted by molar-refractivity contribution is 7.95. The third-order valence-corrected chi connectivity index (χ3v) is 4.78. The average molecular weight is 401 g/mol. The number of pyridine rings is 1. The molecule has 0 amide bonds. The van der Waals surface area contributed by atoms with Crippen LogP contribution < -0.4 is 9.46 Å². The Bertz CT molecular complexity index is 1020. The Morgan fingerprint density at radius 1 is 1.04 bits per heavy atom. The summed E-state index contributed by atoms with van der Waals surface area (Å²) in [6.45, 7) is 0.299. The van der Waals surface area contributed by atoms with Crippen molar-refractivity contribution >= 4 is 33.4 Å². The molecule has 0 radical (unpaired) electrons. The van der Waals surface area contributed by atoms with Crippen LogP contribution in [0.25, 0.3) is 6.08 Å². The monoisotopic (exact) mass is 400 g/mol. The smallest absolute Gasteiger partial charge is 0.255 e. The van der Waals surface area contributed by atoms with Crippen LogP contribution in [0.2, 0.25) is 5.02 Å². The topological polar surface area (TPSA) is 68.3 Å². The maximum atomic E-state index is 12.3. The maximum absolute atomic E-state index is 12.3. The molecule has 7 heteroatoms. The first-order chi connectivity index (χ1) is 13.0. The minimum Gasteiger partial charge on any atom is -0.487 e. The van der Waals surface area contributed by atoms with Crippen molar-refractivity contribution in [2.24, 2.45) is 0 Å². The van der Waals surface area contributed by atoms with Crippen molar-refractivity contribution in [2.45, 2.75) is 6.61 Å². The van der Waals surface area contributed by atoms with Crippen molar-refractivity contribution in [3.05, 3.63) is 94.6 Å². The third-order valence-electron chi connectivity index (χ3n) is 3.52. The molecule has 0 unspecified atom stereocenters. The SMILES string of the molecule is O=S(=O)(/C=C/c1ccc(Cl)cc1)Nc1cccc(OCc2ccccn2)c1. The zero-order chi connectivity index (χ0) is 19.1. The molecular formula is C20H17ClN2O3S. The van der Waals surface area contributed by atoms with E-state index in [9.17, 15) is 8.42 Å². The van der Waals surface area contributed by atoms with Gasteiger partial charge in [-0.25, -0.2) is 8.42 Å². The largest absolute Gasteiger partial charge is 0.487 e. The van der Waals surface area contributed by atoms with E-state index < -0.39 is 10.0 Å². The molecule has 2 aromatic carbocycles. The zero-order valence-corrected chi connectivity index (χ0v) is 15.8. The fourth-order valence-corrected chi connectivity index (χ4v) is 3.22. The van der Waals surface area contributed by atoms with E-state index in [1.165, 1.54) is 6.08 Å². The summed E-state index contributed by atoms with van der Waals surface area (Å²) in [5, 5.41) is 1.70. The van der Waals surface area contributed by atoms with Crippen LogP contribution in [-0.4, -0.2) is 13.4 Å². The molecule has 0 atom stereocenters. The molecule has 0 aliphatic heterocycles. The molecule has 0 saturated heterocycles. The summed E-state index contributed by atoms with van der Waals surface area (Å²) in [6, 6.07) is 19.2. The number of nitrogens with zero attached hydrogens (tertiary/aromatic N) is 1. The van der Waals surface area contributed by atoms with E-state index in [4.69, 9.17) is 16.3 Å². The maximum Gasteiger partial charge on any atom is 0.255 e. The Labute approximate surface area is 163 Å². The van der Waals surface area contributed by atoms with Crippen LogP contribution in [0.5, 0.6) is 5.75 Å². The minimum atomic E-state index is -3.66. The minimum absolute atomic E-state index is 0.299. The van der Waals surface area contributed by atoms with Crippen LogP contribution >= 0.6 is 11.6 Å². The zero-order valence-electron chi connectivity index (χ0n) is 14.2. The van der Waals surface area contributed by atoms with E-state index >= 15 is 0 Å². The molecule has 0 spiro atoms. The highest BCUT2D eigenvalue weighted by atomic mass is 35.5. The summed E-state index contributed by atoms with van der Waals surface area (Å²) in [5.74, 6) is 0.544. The van der Waals surface area contributed by atoms with Gasteiger partial charge in [-0.1, -0.05) is 35.9 Å². The number of aromatic nitrogens is 1. The van der Waals surface area contributed by atoms with Crippen LogP contribution in [0.15, 0.2) is 78.3 Å². The van der Waals surface area contributed by atoms with Gasteiger partial charge in [-0.15, -0.1) is 0 Å². The summed E-state index contributed by atoms with van der Waals surface area (Å²) in [5.41, 5.74) is 1.93. The molecule has 3 aromatic rings. The first-order valence-corrected chi connectivity index (χ1v) is 10.0. The molecule has 1 N–H and O–H groups in total. The number of benzene rings is 2. The normalized spacial score (nSPS) is 11.4. The molecular weight excluding hydrogens is 384 g/mol. The fraction of sp³-hybridized carbons (Fsp3) is 0.0500. The van der Waals surface area contributed by atoms with E-state index in [1.54, 1.807) is 54.7 Å². The standard InChI is InChI=1S/C20H17ClN2O3S/c21-17-9-7-16(8-10-17)11-13-27(24,25)23-18-5-3-6-20(14-18)26-15-19-4-1-2-12-22-19/h1-14,23H,15H2/b13-11+. The number of rotatable bonds is 7. The van der Waals surface area contributed by atoms with Crippen LogP contribution in [0.3, 0.4) is 0 Å². The number of halogens is 1. The van der Waals surface area contributed by atoms with Gasteiger partial charge in [-0.05, 0) is 48.0 Å². The molecule has 1 aromatic heterocycles. The van der Waals surface area contributed by atoms with Crippen molar-refractivity contribution in [3.8, 4) is 5.75 Å². The summed E-state index contributed by atoms with van der Waals surface area (Å²) < 4.78 is 32.7. The Balaban J connectivity index is 1.64. The van der Waals surface area contributed by atoms with Gasteiger partial charge >= 0.3 is 0 Å². The number of hydrogen-bond acceptors (Lipinski definition) is 4. The molecule has 0 bridgehead atoms. The summed E-state index contributed by atoms with van der Waals surface area (Å²) in [6.07, 6.45) is 3.19. The molecule has 5 nitrogen and oxygen atoms in total. The molecule has 0 saturated carbocycles. The molecule has 138 valence electrons. The molecule has 1 heterocycles. The van der Waals surface area contributed by atoms with Crippen LogP contribution in [0.1, 0.15) is 11.3 Å². The van der Waals surface area contributed by atoms with Gasteiger partial charge in [0.1, 0.15) is 12.4 Å². The molecule has 0 fully saturated rings. The number of ether oxygens (including phenoxy) is 1. The van der Waals surface area contributed by atoms with Gasteiger partial charge in [-0.3, -0.25) is 9.71 Å². The Hall–Kier alpha value is -2.83. The third kappa shape index (κ3) is 6.13. The Kier molecular flexibility index (Phi) is 6.11. The Morgan fingerprint density at radius 2 is 1.85 bits per heavy atom. The van der Waals surface area contributed by atoms with E-state index in [0.717, 1.165) is 16.7 Å². The van der Waals surface area contributed by atoms with Crippen molar-refractivity contribution in [2.75, 3.05) is 4.72 Å². The predicted octanol–water partition coefficient (Wildman–Crippen LogP) is 4.73. The van der Waals surface area contributed by atoms with Crippen molar-refractivity contribution in [1.82, 2.24) is 4.98 Å². The number of sulfonamides is 1. The van der Waals surface area contributed by atoms with E-state index in [0.29, 0.717) is 23.1 Å². The highest BCUT2D eigenvalue weighted by Crippen LogP contribution is 2.20. The predicted molar refractivity (Wildman–Crippen MR) is 108 cm³/mol. The van der Waals surface area contributed by atoms with E-state index in [-0.39, 0.29) is 0 Å². The van der Waals surface area contributed by atoms with Crippen LogP contribution in [0.4, 0.5) is 5.69 Å². The number of anilines is 1. The van der Waals surface area contributed by atoms with Gasteiger partial charge in [0.25, 0.3) is 10.0 Å². The van der Waals surface area contributed by atoms with E-state index in [2.05, 4.69) is 9.71 Å². The number of nitrogens with one attached hydrogen (secondary N) is 1. The lowest BCUT2D eigenvalue weighted by Gasteiger charge is -2.09.